The van der Waals surface area contributed by atoms with Crippen molar-refractivity contribution < 1.29 is 9.47 Å². The molecule has 1 aromatic rings. The van der Waals surface area contributed by atoms with E-state index in [2.05, 4.69) is 9.98 Å². The Morgan fingerprint density at radius 1 is 1.46 bits per heavy atom. The first-order valence-corrected chi connectivity index (χ1v) is 4.07. The molecule has 0 aromatic carbocycles. The van der Waals surface area contributed by atoms with E-state index in [0.717, 1.165) is 17.9 Å². The molecule has 0 spiro atoms. The van der Waals surface area contributed by atoms with Crippen molar-refractivity contribution in [2.75, 3.05) is 20.3 Å². The summed E-state index contributed by atoms with van der Waals surface area (Å²) in [6, 6.07) is 1.86. The van der Waals surface area contributed by atoms with Gasteiger partial charge in [0.05, 0.1) is 25.4 Å². The SMILES string of the molecule is COc1cncc(C2=NCCO2)c1. The van der Waals surface area contributed by atoms with Gasteiger partial charge in [-0.05, 0) is 6.07 Å². The Bertz CT molecular complexity index is 336. The van der Waals surface area contributed by atoms with E-state index in [0.29, 0.717) is 12.5 Å². The highest BCUT2D eigenvalue weighted by molar-refractivity contribution is 5.94. The first kappa shape index (κ1) is 8.04. The van der Waals surface area contributed by atoms with Gasteiger partial charge in [0.25, 0.3) is 0 Å². The number of methoxy groups -OCH3 is 1. The Labute approximate surface area is 76.2 Å². The molecule has 0 fully saturated rings. The van der Waals surface area contributed by atoms with Crippen molar-refractivity contribution in [3.8, 4) is 5.75 Å². The number of rotatable bonds is 2. The van der Waals surface area contributed by atoms with E-state index in [-0.39, 0.29) is 0 Å². The van der Waals surface area contributed by atoms with Crippen molar-refractivity contribution in [3.63, 3.8) is 0 Å². The van der Waals surface area contributed by atoms with Gasteiger partial charge in [0.2, 0.25) is 5.90 Å². The van der Waals surface area contributed by atoms with Gasteiger partial charge in [0, 0.05) is 6.20 Å². The maximum atomic E-state index is 5.29. The zero-order valence-electron chi connectivity index (χ0n) is 7.36. The molecule has 1 aliphatic rings. The number of aromatic nitrogens is 1. The third-order valence-electron chi connectivity index (χ3n) is 1.78. The van der Waals surface area contributed by atoms with Gasteiger partial charge in [-0.15, -0.1) is 0 Å². The van der Waals surface area contributed by atoms with Crippen LogP contribution in [0, 0.1) is 0 Å². The summed E-state index contributed by atoms with van der Waals surface area (Å²) in [6.07, 6.45) is 3.37. The van der Waals surface area contributed by atoms with Crippen molar-refractivity contribution in [2.24, 2.45) is 4.99 Å². The summed E-state index contributed by atoms with van der Waals surface area (Å²) in [5, 5.41) is 0. The molecule has 1 aromatic heterocycles. The number of aliphatic imine (C=N–C) groups is 1. The lowest BCUT2D eigenvalue weighted by atomic mass is 10.3. The maximum absolute atomic E-state index is 5.29. The van der Waals surface area contributed by atoms with E-state index >= 15 is 0 Å². The third-order valence-corrected chi connectivity index (χ3v) is 1.78. The van der Waals surface area contributed by atoms with Gasteiger partial charge < -0.3 is 9.47 Å². The van der Waals surface area contributed by atoms with Crippen molar-refractivity contribution in [3.05, 3.63) is 24.0 Å². The number of pyridine rings is 1. The van der Waals surface area contributed by atoms with Gasteiger partial charge >= 0.3 is 0 Å². The highest BCUT2D eigenvalue weighted by Crippen LogP contribution is 2.13. The fourth-order valence-electron chi connectivity index (χ4n) is 1.16. The fraction of sp³-hybridized carbons (Fsp3) is 0.333. The van der Waals surface area contributed by atoms with Crippen LogP contribution in [-0.2, 0) is 4.74 Å². The molecule has 13 heavy (non-hydrogen) atoms. The lowest BCUT2D eigenvalue weighted by molar-refractivity contribution is 0.348. The summed E-state index contributed by atoms with van der Waals surface area (Å²) in [5.41, 5.74) is 0.872. The molecular formula is C9H10N2O2. The van der Waals surface area contributed by atoms with Gasteiger partial charge in [-0.3, -0.25) is 4.98 Å². The predicted molar refractivity (Wildman–Crippen MR) is 48.1 cm³/mol. The molecule has 0 saturated heterocycles. The zero-order chi connectivity index (χ0) is 9.10. The van der Waals surface area contributed by atoms with Gasteiger partial charge in [-0.1, -0.05) is 0 Å². The lowest BCUT2D eigenvalue weighted by Crippen LogP contribution is -2.01. The van der Waals surface area contributed by atoms with Gasteiger partial charge in [-0.25, -0.2) is 4.99 Å². The fourth-order valence-corrected chi connectivity index (χ4v) is 1.16. The van der Waals surface area contributed by atoms with Crippen molar-refractivity contribution in [1.29, 1.82) is 0 Å². The van der Waals surface area contributed by atoms with E-state index < -0.39 is 0 Å². The summed E-state index contributed by atoms with van der Waals surface area (Å²) < 4.78 is 10.3. The Hall–Kier alpha value is -1.58. The van der Waals surface area contributed by atoms with E-state index in [1.165, 1.54) is 0 Å². The number of ether oxygens (including phenoxy) is 2. The maximum Gasteiger partial charge on any atom is 0.217 e. The molecule has 0 amide bonds. The highest BCUT2D eigenvalue weighted by Gasteiger charge is 2.10. The monoisotopic (exact) mass is 178 g/mol. The summed E-state index contributed by atoms with van der Waals surface area (Å²) in [7, 11) is 1.61. The van der Waals surface area contributed by atoms with E-state index in [1.54, 1.807) is 19.5 Å². The molecule has 0 atom stereocenters. The first-order valence-electron chi connectivity index (χ1n) is 4.07. The molecule has 2 rings (SSSR count). The molecule has 4 heteroatoms. The van der Waals surface area contributed by atoms with Crippen LogP contribution in [-0.4, -0.2) is 31.1 Å². The predicted octanol–water partition coefficient (Wildman–Crippen LogP) is 0.867. The van der Waals surface area contributed by atoms with E-state index in [1.807, 2.05) is 6.07 Å². The highest BCUT2D eigenvalue weighted by atomic mass is 16.5. The first-order chi connectivity index (χ1) is 6.40. The molecular weight excluding hydrogens is 168 g/mol. The lowest BCUT2D eigenvalue weighted by Gasteiger charge is -2.02. The van der Waals surface area contributed by atoms with E-state index in [4.69, 9.17) is 9.47 Å². The minimum absolute atomic E-state index is 0.659. The molecule has 0 N–H and O–H groups in total. The Kier molecular flexibility index (Phi) is 2.12. The van der Waals surface area contributed by atoms with Crippen LogP contribution in [0.15, 0.2) is 23.5 Å². The van der Waals surface area contributed by atoms with Crippen LogP contribution in [0.5, 0.6) is 5.75 Å². The molecule has 68 valence electrons. The zero-order valence-corrected chi connectivity index (χ0v) is 7.36. The summed E-state index contributed by atoms with van der Waals surface area (Å²) in [6.45, 7) is 1.39. The van der Waals surface area contributed by atoms with Crippen LogP contribution in [0.2, 0.25) is 0 Å². The van der Waals surface area contributed by atoms with Crippen LogP contribution < -0.4 is 4.74 Å². The molecule has 0 bridgehead atoms. The molecule has 0 radical (unpaired) electrons. The van der Waals surface area contributed by atoms with Crippen molar-refractivity contribution >= 4 is 5.90 Å². The average molecular weight is 178 g/mol. The minimum atomic E-state index is 0.659. The standard InChI is InChI=1S/C9H10N2O2/c1-12-8-4-7(5-10-6-8)9-11-2-3-13-9/h4-6H,2-3H2,1H3. The Balaban J connectivity index is 2.29. The molecule has 1 aliphatic heterocycles. The normalized spacial score (nSPS) is 15.0. The number of nitrogens with zero attached hydrogens (tertiary/aromatic N) is 2. The summed E-state index contributed by atoms with van der Waals surface area (Å²) in [4.78, 5) is 8.19. The summed E-state index contributed by atoms with van der Waals surface area (Å²) >= 11 is 0. The number of hydrogen-bond donors (Lipinski definition) is 0. The van der Waals surface area contributed by atoms with Crippen LogP contribution >= 0.6 is 0 Å². The topological polar surface area (TPSA) is 43.7 Å². The van der Waals surface area contributed by atoms with Crippen LogP contribution in [0.25, 0.3) is 0 Å². The Morgan fingerprint density at radius 3 is 3.08 bits per heavy atom. The quantitative estimate of drug-likeness (QED) is 0.674. The molecule has 2 heterocycles. The van der Waals surface area contributed by atoms with Gasteiger partial charge in [-0.2, -0.15) is 0 Å². The minimum Gasteiger partial charge on any atom is -0.495 e. The Morgan fingerprint density at radius 2 is 2.38 bits per heavy atom. The van der Waals surface area contributed by atoms with E-state index in [9.17, 15) is 0 Å². The second kappa shape index (κ2) is 3.43. The number of hydrogen-bond acceptors (Lipinski definition) is 4. The third kappa shape index (κ3) is 1.61. The van der Waals surface area contributed by atoms with Crippen LogP contribution in [0.1, 0.15) is 5.56 Å². The molecule has 4 nitrogen and oxygen atoms in total. The van der Waals surface area contributed by atoms with Crippen molar-refractivity contribution in [2.45, 2.75) is 0 Å². The summed E-state index contributed by atoms with van der Waals surface area (Å²) in [5.74, 6) is 1.38. The van der Waals surface area contributed by atoms with Crippen LogP contribution in [0.3, 0.4) is 0 Å². The smallest absolute Gasteiger partial charge is 0.217 e. The molecule has 0 saturated carbocycles. The van der Waals surface area contributed by atoms with Crippen molar-refractivity contribution in [1.82, 2.24) is 4.98 Å². The average Bonchev–Trinajstić information content (AvgIpc) is 2.71. The van der Waals surface area contributed by atoms with Gasteiger partial charge in [0.1, 0.15) is 12.4 Å². The molecule has 0 unspecified atom stereocenters. The van der Waals surface area contributed by atoms with Gasteiger partial charge in [0.15, 0.2) is 0 Å². The van der Waals surface area contributed by atoms with Crippen LogP contribution in [0.4, 0.5) is 0 Å². The largest absolute Gasteiger partial charge is 0.495 e. The second-order valence-corrected chi connectivity index (χ2v) is 2.65. The second-order valence-electron chi connectivity index (χ2n) is 2.65. The molecule has 0 aliphatic carbocycles.